The van der Waals surface area contributed by atoms with Crippen LogP contribution in [0, 0.1) is 18.8 Å². The van der Waals surface area contributed by atoms with Crippen molar-refractivity contribution < 1.29 is 13.2 Å². The van der Waals surface area contributed by atoms with Crippen LogP contribution in [-0.4, -0.2) is 36.7 Å². The number of sulfonamides is 1. The van der Waals surface area contributed by atoms with Crippen molar-refractivity contribution in [1.29, 1.82) is 0 Å². The molecule has 206 valence electrons. The largest absolute Gasteiger partial charge is 0.279 e. The fourth-order valence-electron chi connectivity index (χ4n) is 4.36. The zero-order valence-electron chi connectivity index (χ0n) is 22.9. The summed E-state index contributed by atoms with van der Waals surface area (Å²) in [5.41, 5.74) is 3.08. The van der Waals surface area contributed by atoms with Crippen molar-refractivity contribution >= 4 is 54.2 Å². The third-order valence-corrected chi connectivity index (χ3v) is 9.61. The maximum absolute atomic E-state index is 13.9. The Bertz CT molecular complexity index is 1500. The summed E-state index contributed by atoms with van der Waals surface area (Å²) >= 11 is 7.83. The first-order chi connectivity index (χ1) is 18.5. The normalized spacial score (nSPS) is 12.1. The van der Waals surface area contributed by atoms with Gasteiger partial charge in [0.1, 0.15) is 0 Å². The molecule has 0 unspecified atom stereocenters. The molecule has 0 N–H and O–H groups in total. The molecule has 0 spiro atoms. The molecule has 1 amide bonds. The van der Waals surface area contributed by atoms with Crippen LogP contribution in [0.2, 0.25) is 5.02 Å². The van der Waals surface area contributed by atoms with E-state index < -0.39 is 10.0 Å². The van der Waals surface area contributed by atoms with E-state index in [1.165, 1.54) is 27.8 Å². The van der Waals surface area contributed by atoms with Crippen molar-refractivity contribution in [2.75, 3.05) is 18.0 Å². The molecule has 0 aliphatic carbocycles. The number of benzene rings is 3. The minimum absolute atomic E-state index is 0.178. The molecule has 0 radical (unpaired) electrons. The van der Waals surface area contributed by atoms with Gasteiger partial charge in [0.05, 0.1) is 26.7 Å². The topological polar surface area (TPSA) is 70.6 Å². The molecule has 4 rings (SSSR count). The predicted octanol–water partition coefficient (Wildman–Crippen LogP) is 7.41. The molecule has 0 aliphatic rings. The summed E-state index contributed by atoms with van der Waals surface area (Å²) in [4.78, 5) is 20.5. The molecular formula is C30H34ClN3O3S2. The fourth-order valence-corrected chi connectivity index (χ4v) is 7.44. The van der Waals surface area contributed by atoms with Crippen LogP contribution >= 0.6 is 22.9 Å². The molecule has 0 fully saturated rings. The number of carbonyl (C=O) groups excluding carboxylic acids is 1. The Labute approximate surface area is 240 Å². The number of nitrogens with zero attached hydrogens (tertiary/aromatic N) is 3. The van der Waals surface area contributed by atoms with Gasteiger partial charge in [-0.15, -0.1) is 0 Å². The number of aromatic nitrogens is 1. The van der Waals surface area contributed by atoms with Crippen LogP contribution in [0.25, 0.3) is 10.2 Å². The van der Waals surface area contributed by atoms with E-state index in [2.05, 4.69) is 0 Å². The molecule has 1 aromatic heterocycles. The molecule has 0 atom stereocenters. The average Bonchev–Trinajstić information content (AvgIpc) is 3.35. The molecule has 4 aromatic rings. The lowest BCUT2D eigenvalue weighted by molar-refractivity contribution is 0.0985. The first kappa shape index (κ1) is 29.2. The van der Waals surface area contributed by atoms with E-state index in [9.17, 15) is 13.2 Å². The summed E-state index contributed by atoms with van der Waals surface area (Å²) in [7, 11) is -3.70. The molecule has 0 saturated heterocycles. The van der Waals surface area contributed by atoms with E-state index >= 15 is 0 Å². The van der Waals surface area contributed by atoms with E-state index in [1.807, 2.05) is 77.1 Å². The van der Waals surface area contributed by atoms with Crippen molar-refractivity contribution in [2.45, 2.75) is 46.1 Å². The lowest BCUT2D eigenvalue weighted by Gasteiger charge is -2.26. The van der Waals surface area contributed by atoms with E-state index in [1.54, 1.807) is 17.0 Å². The number of rotatable bonds is 10. The highest BCUT2D eigenvalue weighted by Crippen LogP contribution is 2.36. The van der Waals surface area contributed by atoms with E-state index in [4.69, 9.17) is 16.6 Å². The average molecular weight is 584 g/mol. The van der Waals surface area contributed by atoms with Gasteiger partial charge < -0.3 is 0 Å². The lowest BCUT2D eigenvalue weighted by atomic mass is 10.1. The predicted molar refractivity (Wildman–Crippen MR) is 161 cm³/mol. The first-order valence-corrected chi connectivity index (χ1v) is 15.6. The summed E-state index contributed by atoms with van der Waals surface area (Å²) < 4.78 is 29.3. The van der Waals surface area contributed by atoms with E-state index in [-0.39, 0.29) is 22.6 Å². The number of amides is 1. The molecule has 0 saturated carbocycles. The zero-order valence-corrected chi connectivity index (χ0v) is 25.3. The summed E-state index contributed by atoms with van der Waals surface area (Å²) in [5.74, 6) is 0.116. The van der Waals surface area contributed by atoms with E-state index in [0.717, 1.165) is 21.3 Å². The lowest BCUT2D eigenvalue weighted by Crippen LogP contribution is -2.37. The molecule has 0 bridgehead atoms. The molecular weight excluding hydrogens is 550 g/mol. The van der Waals surface area contributed by atoms with Crippen molar-refractivity contribution in [3.63, 3.8) is 0 Å². The summed E-state index contributed by atoms with van der Waals surface area (Å²) in [6.45, 7) is 11.2. The monoisotopic (exact) mass is 583 g/mol. The Hall–Kier alpha value is -2.78. The molecule has 1 heterocycles. The van der Waals surface area contributed by atoms with Gasteiger partial charge in [-0.3, -0.25) is 9.69 Å². The highest BCUT2D eigenvalue weighted by molar-refractivity contribution is 7.89. The number of halogens is 1. The Morgan fingerprint density at radius 3 is 2.10 bits per heavy atom. The second-order valence-corrected chi connectivity index (χ2v) is 13.9. The van der Waals surface area contributed by atoms with Crippen LogP contribution in [0.1, 0.15) is 49.2 Å². The van der Waals surface area contributed by atoms with Crippen molar-refractivity contribution in [3.05, 3.63) is 88.4 Å². The van der Waals surface area contributed by atoms with Gasteiger partial charge >= 0.3 is 0 Å². The van der Waals surface area contributed by atoms with Gasteiger partial charge in [0.2, 0.25) is 10.0 Å². The fraction of sp³-hybridized carbons (Fsp3) is 0.333. The van der Waals surface area contributed by atoms with Gasteiger partial charge in [-0.2, -0.15) is 4.31 Å². The Balaban J connectivity index is 1.70. The quantitative estimate of drug-likeness (QED) is 0.195. The molecule has 0 aliphatic heterocycles. The number of hydrogen-bond donors (Lipinski definition) is 0. The maximum Gasteiger partial charge on any atom is 0.260 e. The molecule has 39 heavy (non-hydrogen) atoms. The third-order valence-electron chi connectivity index (χ3n) is 6.22. The third kappa shape index (κ3) is 6.69. The number of hydrogen-bond acceptors (Lipinski definition) is 5. The van der Waals surface area contributed by atoms with Gasteiger partial charge in [-0.05, 0) is 60.2 Å². The minimum Gasteiger partial charge on any atom is -0.279 e. The number of anilines is 1. The molecule has 3 aromatic carbocycles. The van der Waals surface area contributed by atoms with Crippen LogP contribution < -0.4 is 4.90 Å². The standard InChI is InChI=1S/C30H34ClN3O3S2/c1-20(2)17-33(18-21(3)4)39(36,37)25-14-12-24(13-15-25)29(35)34(19-23-9-7-6-8-10-23)30-32-27-22(5)11-16-26(31)28(27)38-30/h6-16,20-21H,17-19H2,1-5H3. The van der Waals surface area contributed by atoms with Crippen LogP contribution in [0.5, 0.6) is 0 Å². The SMILES string of the molecule is Cc1ccc(Cl)c2sc(N(Cc3ccccc3)C(=O)c3ccc(S(=O)(=O)N(CC(C)C)CC(C)C)cc3)nc12. The van der Waals surface area contributed by atoms with Gasteiger partial charge in [0, 0.05) is 18.7 Å². The van der Waals surface area contributed by atoms with E-state index in [0.29, 0.717) is 35.4 Å². The van der Waals surface area contributed by atoms with Gasteiger partial charge in [0.25, 0.3) is 5.91 Å². The minimum atomic E-state index is -3.70. The van der Waals surface area contributed by atoms with Crippen LogP contribution in [0.4, 0.5) is 5.13 Å². The van der Waals surface area contributed by atoms with Crippen molar-refractivity contribution in [3.8, 4) is 0 Å². The number of aryl methyl sites for hydroxylation is 1. The second kappa shape index (κ2) is 12.2. The highest BCUT2D eigenvalue weighted by Gasteiger charge is 2.27. The van der Waals surface area contributed by atoms with Gasteiger partial charge in [-0.1, -0.05) is 87.0 Å². The van der Waals surface area contributed by atoms with Crippen LogP contribution in [0.15, 0.2) is 71.6 Å². The number of carbonyl (C=O) groups is 1. The van der Waals surface area contributed by atoms with Gasteiger partial charge in [0.15, 0.2) is 5.13 Å². The van der Waals surface area contributed by atoms with Crippen LogP contribution in [0.3, 0.4) is 0 Å². The number of thiazole rings is 1. The Morgan fingerprint density at radius 2 is 1.54 bits per heavy atom. The summed E-state index contributed by atoms with van der Waals surface area (Å²) in [5, 5.41) is 1.13. The zero-order chi connectivity index (χ0) is 28.3. The van der Waals surface area contributed by atoms with Crippen molar-refractivity contribution in [2.24, 2.45) is 11.8 Å². The van der Waals surface area contributed by atoms with Crippen molar-refractivity contribution in [1.82, 2.24) is 9.29 Å². The number of fused-ring (bicyclic) bond motifs is 1. The smallest absolute Gasteiger partial charge is 0.260 e. The maximum atomic E-state index is 13.9. The summed E-state index contributed by atoms with van der Waals surface area (Å²) in [6, 6.07) is 19.7. The summed E-state index contributed by atoms with van der Waals surface area (Å²) in [6.07, 6.45) is 0. The molecule has 6 nitrogen and oxygen atoms in total. The Morgan fingerprint density at radius 1 is 0.923 bits per heavy atom. The van der Waals surface area contributed by atoms with Gasteiger partial charge in [-0.25, -0.2) is 13.4 Å². The molecule has 9 heteroatoms. The Kier molecular flexibility index (Phi) is 9.11. The van der Waals surface area contributed by atoms with Crippen LogP contribution in [-0.2, 0) is 16.6 Å². The highest BCUT2D eigenvalue weighted by atomic mass is 35.5. The second-order valence-electron chi connectivity index (χ2n) is 10.5. The first-order valence-electron chi connectivity index (χ1n) is 13.0.